The Morgan fingerprint density at radius 3 is 2.00 bits per heavy atom. The molecule has 0 radical (unpaired) electrons. The minimum atomic E-state index is 0.307. The van der Waals surface area contributed by atoms with Gasteiger partial charge in [0, 0.05) is 19.3 Å². The van der Waals surface area contributed by atoms with Crippen molar-refractivity contribution in [3.8, 4) is 0 Å². The highest BCUT2D eigenvalue weighted by atomic mass is 16.1. The summed E-state index contributed by atoms with van der Waals surface area (Å²) in [6.45, 7) is 3.72. The van der Waals surface area contributed by atoms with Crippen molar-refractivity contribution in [1.29, 1.82) is 0 Å². The Bertz CT molecular complexity index is 165. The second-order valence-electron chi connectivity index (χ2n) is 3.90. The fourth-order valence-corrected chi connectivity index (χ4v) is 1.37. The predicted octanol–water partition coefficient (Wildman–Crippen LogP) is 3.29. The Hall–Kier alpha value is -0.660. The van der Waals surface area contributed by atoms with Crippen LogP contribution in [-0.2, 0) is 9.59 Å². The molecule has 0 aromatic carbocycles. The molecule has 0 unspecified atom stereocenters. The monoisotopic (exact) mass is 198 g/mol. The van der Waals surface area contributed by atoms with Gasteiger partial charge in [-0.25, -0.2) is 0 Å². The van der Waals surface area contributed by atoms with Crippen LogP contribution in [0.1, 0.15) is 65.2 Å². The van der Waals surface area contributed by atoms with E-state index < -0.39 is 0 Å². The third-order valence-corrected chi connectivity index (χ3v) is 2.29. The quantitative estimate of drug-likeness (QED) is 0.697. The van der Waals surface area contributed by atoms with Gasteiger partial charge in [0.1, 0.15) is 11.6 Å². The average molecular weight is 198 g/mol. The van der Waals surface area contributed by atoms with Crippen LogP contribution in [0.2, 0.25) is 0 Å². The van der Waals surface area contributed by atoms with Gasteiger partial charge in [0.2, 0.25) is 0 Å². The first-order valence-corrected chi connectivity index (χ1v) is 5.68. The first-order valence-electron chi connectivity index (χ1n) is 5.68. The summed E-state index contributed by atoms with van der Waals surface area (Å²) in [5, 5.41) is 0. The van der Waals surface area contributed by atoms with Crippen LogP contribution >= 0.6 is 0 Å². The lowest BCUT2D eigenvalue weighted by Gasteiger charge is -2.05. The molecule has 1 aliphatic rings. The number of carbonyl (C=O) groups excluding carboxylic acids is 2. The zero-order chi connectivity index (χ0) is 10.8. The molecule has 1 saturated carbocycles. The maximum Gasteiger partial charge on any atom is 0.132 e. The van der Waals surface area contributed by atoms with Crippen molar-refractivity contribution < 1.29 is 9.59 Å². The summed E-state index contributed by atoms with van der Waals surface area (Å²) in [6.07, 6.45) is 8.18. The molecule has 0 bridgehead atoms. The van der Waals surface area contributed by atoms with Crippen LogP contribution in [0.15, 0.2) is 0 Å². The molecule has 0 heterocycles. The number of Topliss-reactive ketones (excluding diaryl/α,β-unsaturated/α-hetero) is 2. The summed E-state index contributed by atoms with van der Waals surface area (Å²) in [6, 6.07) is 0. The molecule has 1 rings (SSSR count). The van der Waals surface area contributed by atoms with Gasteiger partial charge in [-0.2, -0.15) is 0 Å². The number of carbonyl (C=O) groups is 2. The Balaban J connectivity index is 0.000000241. The van der Waals surface area contributed by atoms with Crippen LogP contribution in [0, 0.1) is 0 Å². The molecule has 0 aliphatic heterocycles. The van der Waals surface area contributed by atoms with E-state index in [1.807, 2.05) is 0 Å². The van der Waals surface area contributed by atoms with Crippen LogP contribution in [0.4, 0.5) is 0 Å². The number of ketones is 2. The van der Waals surface area contributed by atoms with E-state index >= 15 is 0 Å². The largest absolute Gasteiger partial charge is 0.300 e. The molecule has 1 fully saturated rings. The molecule has 0 saturated heterocycles. The Labute approximate surface area is 87.1 Å². The minimum Gasteiger partial charge on any atom is -0.300 e. The van der Waals surface area contributed by atoms with E-state index in [1.54, 1.807) is 6.92 Å². The lowest BCUT2D eigenvalue weighted by Crippen LogP contribution is -2.02. The van der Waals surface area contributed by atoms with Gasteiger partial charge < -0.3 is 4.79 Å². The predicted molar refractivity (Wildman–Crippen MR) is 58.3 cm³/mol. The summed E-state index contributed by atoms with van der Waals surface area (Å²) in [4.78, 5) is 20.7. The van der Waals surface area contributed by atoms with Crippen molar-refractivity contribution >= 4 is 11.6 Å². The van der Waals surface area contributed by atoms with E-state index in [-0.39, 0.29) is 0 Å². The molecule has 0 amide bonds. The number of rotatable bonds is 3. The fourth-order valence-electron chi connectivity index (χ4n) is 1.37. The fraction of sp³-hybridized carbons (Fsp3) is 0.833. The number of unbranched alkanes of at least 4 members (excludes halogenated alkanes) is 1. The number of hydrogen-bond donors (Lipinski definition) is 0. The zero-order valence-electron chi connectivity index (χ0n) is 9.47. The standard InChI is InChI=1S/C6H10O.C6H12O/c7-6-4-2-1-3-5-6;1-3-4-5-6(2)7/h1-5H2;3-5H2,1-2H3. The summed E-state index contributed by atoms with van der Waals surface area (Å²) in [5.41, 5.74) is 0. The molecular formula is C12H22O2. The average Bonchev–Trinajstić information content (AvgIpc) is 2.17. The van der Waals surface area contributed by atoms with Crippen LogP contribution in [0.25, 0.3) is 0 Å². The van der Waals surface area contributed by atoms with Crippen LogP contribution in [0.5, 0.6) is 0 Å². The molecule has 0 aromatic rings. The van der Waals surface area contributed by atoms with Crippen LogP contribution in [0.3, 0.4) is 0 Å². The van der Waals surface area contributed by atoms with E-state index in [0.29, 0.717) is 11.6 Å². The maximum absolute atomic E-state index is 10.5. The first-order chi connectivity index (χ1) is 6.66. The van der Waals surface area contributed by atoms with Crippen molar-refractivity contribution in [2.45, 2.75) is 65.2 Å². The summed E-state index contributed by atoms with van der Waals surface area (Å²) >= 11 is 0. The normalized spacial score (nSPS) is 15.7. The second kappa shape index (κ2) is 8.92. The second-order valence-corrected chi connectivity index (χ2v) is 3.90. The first kappa shape index (κ1) is 13.3. The molecule has 1 aliphatic carbocycles. The summed E-state index contributed by atoms with van der Waals surface area (Å²) in [5.74, 6) is 0.771. The molecule has 2 nitrogen and oxygen atoms in total. The van der Waals surface area contributed by atoms with E-state index in [1.165, 1.54) is 6.42 Å². The maximum atomic E-state index is 10.5. The van der Waals surface area contributed by atoms with E-state index in [0.717, 1.165) is 44.9 Å². The van der Waals surface area contributed by atoms with Crippen molar-refractivity contribution in [1.82, 2.24) is 0 Å². The lowest BCUT2D eigenvalue weighted by atomic mass is 10.00. The van der Waals surface area contributed by atoms with Crippen LogP contribution in [-0.4, -0.2) is 11.6 Å². The van der Waals surface area contributed by atoms with Gasteiger partial charge in [-0.15, -0.1) is 0 Å². The van der Waals surface area contributed by atoms with Gasteiger partial charge in [-0.3, -0.25) is 4.79 Å². The molecule has 0 spiro atoms. The van der Waals surface area contributed by atoms with Gasteiger partial charge in [-0.05, 0) is 26.2 Å². The highest BCUT2D eigenvalue weighted by molar-refractivity contribution is 5.78. The van der Waals surface area contributed by atoms with Gasteiger partial charge in [0.15, 0.2) is 0 Å². The highest BCUT2D eigenvalue weighted by Crippen LogP contribution is 2.12. The third-order valence-electron chi connectivity index (χ3n) is 2.29. The van der Waals surface area contributed by atoms with Crippen molar-refractivity contribution in [2.75, 3.05) is 0 Å². The highest BCUT2D eigenvalue weighted by Gasteiger charge is 2.05. The molecule has 82 valence electrons. The van der Waals surface area contributed by atoms with Crippen molar-refractivity contribution in [2.24, 2.45) is 0 Å². The molecule has 0 N–H and O–H groups in total. The molecular weight excluding hydrogens is 176 g/mol. The summed E-state index contributed by atoms with van der Waals surface area (Å²) in [7, 11) is 0. The molecule has 14 heavy (non-hydrogen) atoms. The molecule has 0 aromatic heterocycles. The van der Waals surface area contributed by atoms with E-state index in [2.05, 4.69) is 6.92 Å². The Morgan fingerprint density at radius 1 is 1.21 bits per heavy atom. The SMILES string of the molecule is CCCCC(C)=O.O=C1CCCCC1. The number of hydrogen-bond acceptors (Lipinski definition) is 2. The zero-order valence-corrected chi connectivity index (χ0v) is 9.47. The molecule has 0 atom stereocenters. The minimum absolute atomic E-state index is 0.307. The van der Waals surface area contributed by atoms with Crippen LogP contribution < -0.4 is 0 Å². The smallest absolute Gasteiger partial charge is 0.132 e. The van der Waals surface area contributed by atoms with Gasteiger partial charge in [-0.1, -0.05) is 19.8 Å². The van der Waals surface area contributed by atoms with E-state index in [9.17, 15) is 9.59 Å². The van der Waals surface area contributed by atoms with Crippen molar-refractivity contribution in [3.63, 3.8) is 0 Å². The van der Waals surface area contributed by atoms with E-state index in [4.69, 9.17) is 0 Å². The van der Waals surface area contributed by atoms with Gasteiger partial charge >= 0.3 is 0 Å². The topological polar surface area (TPSA) is 34.1 Å². The third kappa shape index (κ3) is 9.43. The Morgan fingerprint density at radius 2 is 1.79 bits per heavy atom. The van der Waals surface area contributed by atoms with Gasteiger partial charge in [0.25, 0.3) is 0 Å². The lowest BCUT2D eigenvalue weighted by molar-refractivity contribution is -0.120. The van der Waals surface area contributed by atoms with Gasteiger partial charge in [0.05, 0.1) is 0 Å². The summed E-state index contributed by atoms with van der Waals surface area (Å²) < 4.78 is 0. The Kier molecular flexibility index (Phi) is 8.50. The van der Waals surface area contributed by atoms with Crippen molar-refractivity contribution in [3.05, 3.63) is 0 Å². The molecule has 2 heteroatoms.